The first-order valence-corrected chi connectivity index (χ1v) is 6.01. The molecule has 0 bridgehead atoms. The van der Waals surface area contributed by atoms with Crippen LogP contribution in [0.4, 0.5) is 11.5 Å². The highest BCUT2D eigenvalue weighted by Gasteiger charge is 2.11. The Morgan fingerprint density at radius 2 is 2.22 bits per heavy atom. The molecule has 6 heteroatoms. The van der Waals surface area contributed by atoms with Crippen molar-refractivity contribution in [2.75, 3.05) is 11.1 Å². The SMILES string of the molecule is Cc1cc(NC(=O)c2ncccc2N)ncc1Br. The first-order valence-electron chi connectivity index (χ1n) is 5.22. The minimum Gasteiger partial charge on any atom is -0.397 e. The quantitative estimate of drug-likeness (QED) is 0.892. The number of nitrogens with one attached hydrogen (secondary N) is 1. The first kappa shape index (κ1) is 12.5. The molecule has 0 aromatic carbocycles. The molecule has 0 saturated heterocycles. The van der Waals surface area contributed by atoms with Crippen LogP contribution in [-0.4, -0.2) is 15.9 Å². The van der Waals surface area contributed by atoms with Gasteiger partial charge in [0.1, 0.15) is 5.82 Å². The van der Waals surface area contributed by atoms with Gasteiger partial charge in [-0.3, -0.25) is 4.79 Å². The summed E-state index contributed by atoms with van der Waals surface area (Å²) in [4.78, 5) is 20.0. The fourth-order valence-corrected chi connectivity index (χ4v) is 1.61. The Morgan fingerprint density at radius 1 is 1.44 bits per heavy atom. The molecule has 0 aliphatic heterocycles. The summed E-state index contributed by atoms with van der Waals surface area (Å²) in [5.74, 6) is 0.0908. The summed E-state index contributed by atoms with van der Waals surface area (Å²) in [6.07, 6.45) is 3.15. The van der Waals surface area contributed by atoms with Gasteiger partial charge in [0, 0.05) is 16.9 Å². The van der Waals surface area contributed by atoms with E-state index in [0.29, 0.717) is 11.5 Å². The number of hydrogen-bond acceptors (Lipinski definition) is 4. The van der Waals surface area contributed by atoms with Gasteiger partial charge in [-0.1, -0.05) is 0 Å². The zero-order chi connectivity index (χ0) is 13.1. The van der Waals surface area contributed by atoms with Crippen LogP contribution >= 0.6 is 15.9 Å². The van der Waals surface area contributed by atoms with Crippen molar-refractivity contribution in [3.63, 3.8) is 0 Å². The number of carbonyl (C=O) groups is 1. The molecule has 0 spiro atoms. The fourth-order valence-electron chi connectivity index (χ4n) is 1.39. The Hall–Kier alpha value is -1.95. The highest BCUT2D eigenvalue weighted by molar-refractivity contribution is 9.10. The van der Waals surface area contributed by atoms with Crippen molar-refractivity contribution in [2.24, 2.45) is 0 Å². The number of hydrogen-bond donors (Lipinski definition) is 2. The van der Waals surface area contributed by atoms with Gasteiger partial charge in [0.2, 0.25) is 0 Å². The van der Waals surface area contributed by atoms with Crippen LogP contribution in [0.25, 0.3) is 0 Å². The van der Waals surface area contributed by atoms with Crippen LogP contribution in [-0.2, 0) is 0 Å². The molecule has 2 aromatic heterocycles. The average molecular weight is 307 g/mol. The molecule has 92 valence electrons. The van der Waals surface area contributed by atoms with E-state index in [1.165, 1.54) is 6.20 Å². The second kappa shape index (κ2) is 5.14. The van der Waals surface area contributed by atoms with E-state index >= 15 is 0 Å². The van der Waals surface area contributed by atoms with Crippen molar-refractivity contribution in [2.45, 2.75) is 6.92 Å². The third kappa shape index (κ3) is 2.65. The number of anilines is 2. The molecule has 0 aliphatic carbocycles. The normalized spacial score (nSPS) is 10.1. The second-order valence-electron chi connectivity index (χ2n) is 3.71. The molecule has 2 rings (SSSR count). The molecule has 18 heavy (non-hydrogen) atoms. The van der Waals surface area contributed by atoms with Gasteiger partial charge in [0.05, 0.1) is 5.69 Å². The van der Waals surface area contributed by atoms with Gasteiger partial charge in [-0.2, -0.15) is 0 Å². The maximum absolute atomic E-state index is 11.9. The van der Waals surface area contributed by atoms with Gasteiger partial charge < -0.3 is 11.1 Å². The summed E-state index contributed by atoms with van der Waals surface area (Å²) in [7, 11) is 0. The summed E-state index contributed by atoms with van der Waals surface area (Å²) in [6, 6.07) is 5.07. The number of halogens is 1. The van der Waals surface area contributed by atoms with E-state index in [9.17, 15) is 4.79 Å². The van der Waals surface area contributed by atoms with E-state index in [1.54, 1.807) is 24.4 Å². The van der Waals surface area contributed by atoms with E-state index in [-0.39, 0.29) is 11.6 Å². The molecule has 0 unspecified atom stereocenters. The number of aryl methyl sites for hydroxylation is 1. The fraction of sp³-hybridized carbons (Fsp3) is 0.0833. The van der Waals surface area contributed by atoms with Gasteiger partial charge in [0.15, 0.2) is 5.69 Å². The molecule has 5 nitrogen and oxygen atoms in total. The minimum atomic E-state index is -0.373. The average Bonchev–Trinajstić information content (AvgIpc) is 2.34. The summed E-state index contributed by atoms with van der Waals surface area (Å²) in [5.41, 5.74) is 7.19. The Morgan fingerprint density at radius 3 is 2.89 bits per heavy atom. The second-order valence-corrected chi connectivity index (χ2v) is 4.57. The van der Waals surface area contributed by atoms with Crippen molar-refractivity contribution >= 4 is 33.3 Å². The van der Waals surface area contributed by atoms with Gasteiger partial charge in [-0.15, -0.1) is 0 Å². The highest BCUT2D eigenvalue weighted by atomic mass is 79.9. The van der Waals surface area contributed by atoms with Crippen molar-refractivity contribution in [1.29, 1.82) is 0 Å². The summed E-state index contributed by atoms with van der Waals surface area (Å²) < 4.78 is 0.887. The van der Waals surface area contributed by atoms with E-state index in [4.69, 9.17) is 5.73 Å². The predicted molar refractivity (Wildman–Crippen MR) is 73.3 cm³/mol. The van der Waals surface area contributed by atoms with E-state index < -0.39 is 0 Å². The van der Waals surface area contributed by atoms with Crippen molar-refractivity contribution in [3.05, 3.63) is 46.3 Å². The van der Waals surface area contributed by atoms with Gasteiger partial charge in [-0.05, 0) is 46.6 Å². The summed E-state index contributed by atoms with van der Waals surface area (Å²) >= 11 is 3.34. The van der Waals surface area contributed by atoms with Crippen molar-refractivity contribution in [1.82, 2.24) is 9.97 Å². The zero-order valence-electron chi connectivity index (χ0n) is 9.64. The molecular formula is C12H11BrN4O. The lowest BCUT2D eigenvalue weighted by atomic mass is 10.2. The zero-order valence-corrected chi connectivity index (χ0v) is 11.2. The third-order valence-electron chi connectivity index (χ3n) is 2.34. The number of nitrogens with zero attached hydrogens (tertiary/aromatic N) is 2. The van der Waals surface area contributed by atoms with Crippen LogP contribution in [0.5, 0.6) is 0 Å². The molecule has 0 aliphatic rings. The number of rotatable bonds is 2. The molecule has 0 saturated carbocycles. The maximum Gasteiger partial charge on any atom is 0.277 e. The van der Waals surface area contributed by atoms with Crippen molar-refractivity contribution < 1.29 is 4.79 Å². The molecule has 0 radical (unpaired) electrons. The topological polar surface area (TPSA) is 80.9 Å². The minimum absolute atomic E-state index is 0.194. The Kier molecular flexibility index (Phi) is 3.57. The van der Waals surface area contributed by atoms with Gasteiger partial charge in [-0.25, -0.2) is 9.97 Å². The number of amides is 1. The monoisotopic (exact) mass is 306 g/mol. The number of nitrogens with two attached hydrogens (primary N) is 1. The Labute approximate surface area is 113 Å². The summed E-state index contributed by atoms with van der Waals surface area (Å²) in [5, 5.41) is 2.65. The number of carbonyl (C=O) groups excluding carboxylic acids is 1. The lowest BCUT2D eigenvalue weighted by Gasteiger charge is -2.06. The van der Waals surface area contributed by atoms with Crippen LogP contribution < -0.4 is 11.1 Å². The van der Waals surface area contributed by atoms with Gasteiger partial charge >= 0.3 is 0 Å². The van der Waals surface area contributed by atoms with Crippen LogP contribution in [0.1, 0.15) is 16.1 Å². The molecule has 1 amide bonds. The number of nitrogen functional groups attached to an aromatic ring is 1. The molecule has 0 fully saturated rings. The molecule has 2 heterocycles. The standard InChI is InChI=1S/C12H11BrN4O/c1-7-5-10(16-6-8(7)13)17-12(18)11-9(14)3-2-4-15-11/h2-6H,14H2,1H3,(H,16,17,18). The van der Waals surface area contributed by atoms with Crippen LogP contribution in [0.2, 0.25) is 0 Å². The molecule has 2 aromatic rings. The molecule has 0 atom stereocenters. The van der Waals surface area contributed by atoms with Crippen LogP contribution in [0, 0.1) is 6.92 Å². The van der Waals surface area contributed by atoms with E-state index in [1.807, 2.05) is 6.92 Å². The van der Waals surface area contributed by atoms with E-state index in [2.05, 4.69) is 31.2 Å². The third-order valence-corrected chi connectivity index (χ3v) is 3.17. The van der Waals surface area contributed by atoms with Crippen molar-refractivity contribution in [3.8, 4) is 0 Å². The number of pyridine rings is 2. The van der Waals surface area contributed by atoms with Crippen LogP contribution in [0.15, 0.2) is 35.1 Å². The number of aromatic nitrogens is 2. The largest absolute Gasteiger partial charge is 0.397 e. The lowest BCUT2D eigenvalue weighted by molar-refractivity contribution is 0.102. The Balaban J connectivity index is 2.22. The first-order chi connectivity index (χ1) is 8.58. The predicted octanol–water partition coefficient (Wildman–Crippen LogP) is 2.38. The molecular weight excluding hydrogens is 296 g/mol. The summed E-state index contributed by atoms with van der Waals surface area (Å²) in [6.45, 7) is 1.91. The lowest BCUT2D eigenvalue weighted by Crippen LogP contribution is -2.16. The molecule has 3 N–H and O–H groups in total. The maximum atomic E-state index is 11.9. The van der Waals surface area contributed by atoms with Crippen LogP contribution in [0.3, 0.4) is 0 Å². The highest BCUT2D eigenvalue weighted by Crippen LogP contribution is 2.18. The smallest absolute Gasteiger partial charge is 0.277 e. The van der Waals surface area contributed by atoms with E-state index in [0.717, 1.165) is 10.0 Å². The Bertz CT molecular complexity index is 600. The van der Waals surface area contributed by atoms with Gasteiger partial charge in [0.25, 0.3) is 5.91 Å².